The highest BCUT2D eigenvalue weighted by Gasteiger charge is 2.49. The monoisotopic (exact) mass is 844 g/mol. The molecule has 57 heavy (non-hydrogen) atoms. The fraction of sp³-hybridized carbons (Fsp3) is 0.632. The molecule has 1 aromatic carbocycles. The number of sulfonamides is 1. The molecule has 1 saturated carbocycles. The van der Waals surface area contributed by atoms with Crippen LogP contribution in [0, 0.1) is 5.92 Å². The summed E-state index contributed by atoms with van der Waals surface area (Å²) in [7, 11) is -3.83. The van der Waals surface area contributed by atoms with E-state index in [0.29, 0.717) is 17.2 Å². The quantitative estimate of drug-likeness (QED) is 0.168. The number of primary amides is 1. The van der Waals surface area contributed by atoms with Crippen molar-refractivity contribution < 1.29 is 37.5 Å². The van der Waals surface area contributed by atoms with Crippen LogP contribution in [0.15, 0.2) is 40.4 Å². The smallest absolute Gasteiger partial charge is 0.287 e. The van der Waals surface area contributed by atoms with Gasteiger partial charge in [-0.2, -0.15) is 23.5 Å². The van der Waals surface area contributed by atoms with Crippen LogP contribution in [-0.2, 0) is 34.8 Å². The third-order valence-electron chi connectivity index (χ3n) is 11.4. The lowest BCUT2D eigenvalue weighted by atomic mass is 9.85. The summed E-state index contributed by atoms with van der Waals surface area (Å²) in [6.45, 7) is 3.08. The average Bonchev–Trinajstić information content (AvgIpc) is 3.87. The van der Waals surface area contributed by atoms with Gasteiger partial charge < -0.3 is 21.1 Å². The molecule has 2 atom stereocenters. The lowest BCUT2D eigenvalue weighted by Crippen LogP contribution is -2.63. The molecule has 3 aliphatic heterocycles. The number of aliphatic hydroxyl groups is 1. The summed E-state index contributed by atoms with van der Waals surface area (Å²) in [5.41, 5.74) is 2.96. The molecule has 0 radical (unpaired) electrons. The van der Waals surface area contributed by atoms with Gasteiger partial charge in [0.2, 0.25) is 21.7 Å². The van der Waals surface area contributed by atoms with Crippen LogP contribution in [0.25, 0.3) is 0 Å². The van der Waals surface area contributed by atoms with Crippen LogP contribution in [0.3, 0.4) is 0 Å². The Morgan fingerprint density at radius 1 is 0.982 bits per heavy atom. The van der Waals surface area contributed by atoms with E-state index < -0.39 is 62.7 Å². The van der Waals surface area contributed by atoms with Crippen LogP contribution in [0.5, 0.6) is 0 Å². The number of hydrogen-bond donors (Lipinski definition) is 4. The van der Waals surface area contributed by atoms with Crippen molar-refractivity contribution in [2.45, 2.75) is 119 Å². The highest BCUT2D eigenvalue weighted by molar-refractivity contribution is 7.99. The highest BCUT2D eigenvalue weighted by Crippen LogP contribution is 2.35. The number of ketones is 1. The zero-order valence-corrected chi connectivity index (χ0v) is 34.8. The van der Waals surface area contributed by atoms with Crippen molar-refractivity contribution >= 4 is 68.7 Å². The number of amides is 4. The number of benzene rings is 1. The number of hydrogen-bond acceptors (Lipinski definition) is 12. The fourth-order valence-corrected chi connectivity index (χ4v) is 11.8. The van der Waals surface area contributed by atoms with E-state index in [0.717, 1.165) is 56.5 Å². The SMILES string of the molecule is CC(C)(O)c1cnnn1[C@H]1C[C@@H](C(=O)NC2(C(=O)C(N)=O)CCSCC2)N(C(=O)C(CC2CCCCC2)=NC(=O)c2ccc(S(=O)(=O)NC3CCSCC3)cc2)C1. The highest BCUT2D eigenvalue weighted by atomic mass is 32.2. The van der Waals surface area contributed by atoms with Gasteiger partial charge in [-0.3, -0.25) is 24.0 Å². The van der Waals surface area contributed by atoms with Crippen molar-refractivity contribution in [1.29, 1.82) is 0 Å². The van der Waals surface area contributed by atoms with E-state index in [1.807, 2.05) is 0 Å². The van der Waals surface area contributed by atoms with E-state index in [4.69, 9.17) is 5.73 Å². The molecular formula is C38H52N8O8S3. The van der Waals surface area contributed by atoms with Crippen LogP contribution in [0.1, 0.15) is 107 Å². The summed E-state index contributed by atoms with van der Waals surface area (Å²) in [5.74, 6) is -1.30. The molecular weight excluding hydrogens is 793 g/mol. The third-order valence-corrected chi connectivity index (χ3v) is 15.0. The van der Waals surface area contributed by atoms with Crippen LogP contribution < -0.4 is 15.8 Å². The second-order valence-electron chi connectivity index (χ2n) is 16.0. The number of likely N-dealkylation sites (tertiary alicyclic amines) is 1. The molecule has 310 valence electrons. The van der Waals surface area contributed by atoms with Gasteiger partial charge in [-0.1, -0.05) is 37.3 Å². The minimum Gasteiger partial charge on any atom is -0.384 e. The molecule has 1 aromatic heterocycles. The zero-order chi connectivity index (χ0) is 41.0. The number of aliphatic imine (C=N–C) groups is 1. The second-order valence-corrected chi connectivity index (χ2v) is 20.1. The van der Waals surface area contributed by atoms with Gasteiger partial charge in [-0.05, 0) is 99.1 Å². The Morgan fingerprint density at radius 3 is 2.26 bits per heavy atom. The summed E-state index contributed by atoms with van der Waals surface area (Å²) in [6, 6.07) is 3.48. The summed E-state index contributed by atoms with van der Waals surface area (Å²) in [4.78, 5) is 74.2. The first-order valence-corrected chi connectivity index (χ1v) is 23.4. The van der Waals surface area contributed by atoms with E-state index in [2.05, 4.69) is 25.3 Å². The van der Waals surface area contributed by atoms with E-state index in [1.165, 1.54) is 40.0 Å². The van der Waals surface area contributed by atoms with Crippen LogP contribution in [-0.4, -0.2) is 116 Å². The Balaban J connectivity index is 1.32. The molecule has 5 N–H and O–H groups in total. The number of aromatic nitrogens is 3. The van der Waals surface area contributed by atoms with Crippen molar-refractivity contribution in [2.75, 3.05) is 29.6 Å². The van der Waals surface area contributed by atoms with E-state index in [9.17, 15) is 37.5 Å². The van der Waals surface area contributed by atoms with Gasteiger partial charge in [0.25, 0.3) is 17.7 Å². The minimum atomic E-state index is -3.83. The van der Waals surface area contributed by atoms with Gasteiger partial charge in [0, 0.05) is 24.6 Å². The molecule has 0 bridgehead atoms. The number of carbonyl (C=O) groups excluding carboxylic acids is 5. The lowest BCUT2D eigenvalue weighted by Gasteiger charge is -2.37. The molecule has 4 fully saturated rings. The Labute approximate surface area is 341 Å². The second kappa shape index (κ2) is 18.1. The average molecular weight is 845 g/mol. The standard InChI is InChI=1S/C38H52N8O8S3/c1-37(2,52)31-22-40-44-46(31)27-21-30(35(50)42-38(32(47)33(39)48)14-18-56-19-15-38)45(23-27)36(51)29(20-24-6-4-3-5-7-24)41-34(49)25-8-10-28(11-9-25)57(53,54)43-26-12-16-55-17-13-26/h8-11,22,24,26-27,30,43,52H,3-7,12-21,23H2,1-2H3,(H2,39,48)(H,42,50)/t27-,30-/m0/s1. The molecule has 2 aromatic rings. The Morgan fingerprint density at radius 2 is 1.63 bits per heavy atom. The van der Waals surface area contributed by atoms with Gasteiger partial charge >= 0.3 is 0 Å². The van der Waals surface area contributed by atoms with Crippen molar-refractivity contribution in [1.82, 2.24) is 29.9 Å². The zero-order valence-electron chi connectivity index (χ0n) is 32.4. The largest absolute Gasteiger partial charge is 0.384 e. The van der Waals surface area contributed by atoms with Gasteiger partial charge in [-0.15, -0.1) is 5.10 Å². The Kier molecular flexibility index (Phi) is 13.6. The van der Waals surface area contributed by atoms with Gasteiger partial charge in [0.1, 0.15) is 22.9 Å². The maximum absolute atomic E-state index is 14.8. The van der Waals surface area contributed by atoms with Crippen LogP contribution in [0.2, 0.25) is 0 Å². The van der Waals surface area contributed by atoms with Crippen molar-refractivity contribution in [3.05, 3.63) is 41.7 Å². The summed E-state index contributed by atoms with van der Waals surface area (Å²) in [6.07, 6.45) is 8.07. The fourth-order valence-electron chi connectivity index (χ4n) is 8.18. The van der Waals surface area contributed by atoms with Gasteiger partial charge in [0.05, 0.1) is 22.8 Å². The first-order valence-electron chi connectivity index (χ1n) is 19.6. The molecule has 4 aliphatic rings. The maximum Gasteiger partial charge on any atom is 0.287 e. The maximum atomic E-state index is 14.8. The molecule has 0 unspecified atom stereocenters. The van der Waals surface area contributed by atoms with E-state index in [1.54, 1.807) is 37.4 Å². The molecule has 4 heterocycles. The molecule has 6 rings (SSSR count). The molecule has 0 spiro atoms. The number of Topliss-reactive ketones (excluding diaryl/α,β-unsaturated/α-hetero) is 1. The van der Waals surface area contributed by atoms with E-state index in [-0.39, 0.29) is 60.4 Å². The number of nitrogens with zero attached hydrogens (tertiary/aromatic N) is 5. The van der Waals surface area contributed by atoms with E-state index >= 15 is 0 Å². The molecule has 4 amide bonds. The number of thioether (sulfide) groups is 2. The normalized spacial score (nSPS) is 22.6. The summed E-state index contributed by atoms with van der Waals surface area (Å²) < 4.78 is 30.5. The minimum absolute atomic E-state index is 0.0133. The first-order chi connectivity index (χ1) is 27.1. The van der Waals surface area contributed by atoms with Crippen molar-refractivity contribution in [2.24, 2.45) is 16.6 Å². The predicted octanol–water partition coefficient (Wildman–Crippen LogP) is 2.51. The topological polar surface area (TPSA) is 236 Å². The molecule has 1 aliphatic carbocycles. The number of rotatable bonds is 13. The van der Waals surface area contributed by atoms with Crippen LogP contribution in [0.4, 0.5) is 0 Å². The van der Waals surface area contributed by atoms with Crippen molar-refractivity contribution in [3.8, 4) is 0 Å². The van der Waals surface area contributed by atoms with Crippen molar-refractivity contribution in [3.63, 3.8) is 0 Å². The lowest BCUT2D eigenvalue weighted by molar-refractivity contribution is -0.143. The Hall–Kier alpha value is -3.65. The molecule has 3 saturated heterocycles. The number of nitrogens with two attached hydrogens (primary N) is 1. The third kappa shape index (κ3) is 10.1. The first kappa shape index (κ1) is 42.9. The number of nitrogens with one attached hydrogen (secondary N) is 2. The van der Waals surface area contributed by atoms with Gasteiger partial charge in [0.15, 0.2) is 0 Å². The molecule has 19 heteroatoms. The summed E-state index contributed by atoms with van der Waals surface area (Å²) in [5, 5.41) is 21.9. The Bertz CT molecular complexity index is 1960. The molecule has 16 nitrogen and oxygen atoms in total. The van der Waals surface area contributed by atoms with Gasteiger partial charge in [-0.25, -0.2) is 22.8 Å². The summed E-state index contributed by atoms with van der Waals surface area (Å²) >= 11 is 3.37. The van der Waals surface area contributed by atoms with Crippen LogP contribution >= 0.6 is 23.5 Å². The number of carbonyl (C=O) groups is 5. The predicted molar refractivity (Wildman–Crippen MR) is 216 cm³/mol.